The van der Waals surface area contributed by atoms with Crippen molar-refractivity contribution in [1.82, 2.24) is 18.8 Å². The Hall–Kier alpha value is -0.920. The van der Waals surface area contributed by atoms with Gasteiger partial charge < -0.3 is 4.57 Å². The summed E-state index contributed by atoms with van der Waals surface area (Å²) >= 11 is 0. The Morgan fingerprint density at radius 2 is 1.90 bits per heavy atom. The lowest BCUT2D eigenvalue weighted by molar-refractivity contribution is 0.00942. The van der Waals surface area contributed by atoms with E-state index in [9.17, 15) is 8.42 Å². The number of imidazole rings is 1. The number of aromatic nitrogens is 2. The highest BCUT2D eigenvalue weighted by Gasteiger charge is 2.47. The highest BCUT2D eigenvalue weighted by Crippen LogP contribution is 2.41. The number of rotatable bonds is 2. The van der Waals surface area contributed by atoms with Crippen LogP contribution in [0.25, 0.3) is 0 Å². The van der Waals surface area contributed by atoms with Gasteiger partial charge in [-0.3, -0.25) is 4.90 Å². The zero-order chi connectivity index (χ0) is 15.3. The van der Waals surface area contributed by atoms with Crippen LogP contribution >= 0.6 is 0 Å². The molecule has 0 unspecified atom stereocenters. The van der Waals surface area contributed by atoms with Crippen LogP contribution in [0.3, 0.4) is 0 Å². The van der Waals surface area contributed by atoms with Crippen LogP contribution in [-0.2, 0) is 22.1 Å². The fourth-order valence-corrected chi connectivity index (χ4v) is 4.73. The Morgan fingerprint density at radius 1 is 1.24 bits per heavy atom. The topological polar surface area (TPSA) is 58.4 Å². The van der Waals surface area contributed by atoms with Gasteiger partial charge in [-0.15, -0.1) is 0 Å². The molecule has 0 N–H and O–H groups in total. The first-order chi connectivity index (χ1) is 9.88. The van der Waals surface area contributed by atoms with E-state index in [0.29, 0.717) is 13.1 Å². The van der Waals surface area contributed by atoms with Crippen LogP contribution in [0.2, 0.25) is 0 Å². The summed E-state index contributed by atoms with van der Waals surface area (Å²) in [6.07, 6.45) is 4.89. The predicted octanol–water partition coefficient (Wildman–Crippen LogP) is 0.778. The van der Waals surface area contributed by atoms with E-state index < -0.39 is 10.0 Å². The molecule has 1 aromatic rings. The standard InChI is InChI=1S/C14H24N4O2S/c1-4-16-9-10-18-12(2)11-15-13(18)14(16)5-7-17(8-6-14)21(3,19)20/h11H,4-10H2,1-3H3. The Balaban J connectivity index is 1.96. The normalized spacial score (nSPS) is 23.4. The third kappa shape index (κ3) is 2.31. The molecule has 7 heteroatoms. The van der Waals surface area contributed by atoms with Crippen LogP contribution in [0.1, 0.15) is 31.3 Å². The Kier molecular flexibility index (Phi) is 3.62. The number of nitrogens with zero attached hydrogens (tertiary/aromatic N) is 4. The Bertz CT molecular complexity index is 629. The second kappa shape index (κ2) is 5.07. The number of hydrogen-bond donors (Lipinski definition) is 0. The molecule has 21 heavy (non-hydrogen) atoms. The molecule has 0 aliphatic carbocycles. The fourth-order valence-electron chi connectivity index (χ4n) is 3.88. The fraction of sp³-hybridized carbons (Fsp3) is 0.786. The molecule has 1 spiro atoms. The summed E-state index contributed by atoms with van der Waals surface area (Å²) in [7, 11) is -3.09. The van der Waals surface area contributed by atoms with Crippen molar-refractivity contribution in [3.05, 3.63) is 17.7 Å². The summed E-state index contributed by atoms with van der Waals surface area (Å²) in [5.74, 6) is 1.13. The maximum atomic E-state index is 11.7. The predicted molar refractivity (Wildman–Crippen MR) is 81.5 cm³/mol. The summed E-state index contributed by atoms with van der Waals surface area (Å²) in [4.78, 5) is 7.15. The summed E-state index contributed by atoms with van der Waals surface area (Å²) in [6, 6.07) is 0. The summed E-state index contributed by atoms with van der Waals surface area (Å²) in [5.41, 5.74) is 1.10. The number of sulfonamides is 1. The smallest absolute Gasteiger partial charge is 0.211 e. The summed E-state index contributed by atoms with van der Waals surface area (Å²) < 4.78 is 27.4. The number of hydrogen-bond acceptors (Lipinski definition) is 4. The second-order valence-corrected chi connectivity index (χ2v) is 8.13. The molecule has 0 amide bonds. The van der Waals surface area contributed by atoms with Gasteiger partial charge in [-0.05, 0) is 26.3 Å². The molecule has 6 nitrogen and oxygen atoms in total. The van der Waals surface area contributed by atoms with Crippen molar-refractivity contribution in [2.45, 2.75) is 38.8 Å². The van der Waals surface area contributed by atoms with Crippen molar-refractivity contribution < 1.29 is 8.42 Å². The van der Waals surface area contributed by atoms with Crippen molar-refractivity contribution in [2.24, 2.45) is 0 Å². The molecule has 1 saturated heterocycles. The molecule has 3 rings (SSSR count). The van der Waals surface area contributed by atoms with Crippen LogP contribution in [0, 0.1) is 6.92 Å². The van der Waals surface area contributed by atoms with E-state index in [-0.39, 0.29) is 5.54 Å². The highest BCUT2D eigenvalue weighted by molar-refractivity contribution is 7.88. The number of piperidine rings is 1. The lowest BCUT2D eigenvalue weighted by Crippen LogP contribution is -2.58. The summed E-state index contributed by atoms with van der Waals surface area (Å²) in [5, 5.41) is 0. The Morgan fingerprint density at radius 3 is 2.48 bits per heavy atom. The van der Waals surface area contributed by atoms with Gasteiger partial charge in [0.05, 0.1) is 11.8 Å². The molecular formula is C14H24N4O2S. The minimum atomic E-state index is -3.09. The number of likely N-dealkylation sites (N-methyl/N-ethyl adjacent to an activating group) is 1. The molecule has 2 aliphatic rings. The number of aryl methyl sites for hydroxylation is 1. The van der Waals surface area contributed by atoms with Crippen molar-refractivity contribution in [1.29, 1.82) is 0 Å². The molecule has 0 radical (unpaired) electrons. The van der Waals surface area contributed by atoms with Gasteiger partial charge in [-0.25, -0.2) is 17.7 Å². The van der Waals surface area contributed by atoms with Gasteiger partial charge in [0.15, 0.2) is 0 Å². The molecule has 3 heterocycles. The van der Waals surface area contributed by atoms with Crippen molar-refractivity contribution in [2.75, 3.05) is 32.4 Å². The van der Waals surface area contributed by atoms with E-state index in [1.165, 1.54) is 11.9 Å². The van der Waals surface area contributed by atoms with Gasteiger partial charge >= 0.3 is 0 Å². The van der Waals surface area contributed by atoms with Crippen LogP contribution in [0.4, 0.5) is 0 Å². The van der Waals surface area contributed by atoms with Crippen LogP contribution in [0.15, 0.2) is 6.20 Å². The van der Waals surface area contributed by atoms with Gasteiger partial charge in [0.2, 0.25) is 10.0 Å². The maximum absolute atomic E-state index is 11.7. The molecular weight excluding hydrogens is 288 g/mol. The van der Waals surface area contributed by atoms with E-state index in [1.54, 1.807) is 4.31 Å². The molecule has 1 aromatic heterocycles. The molecule has 0 saturated carbocycles. The molecule has 0 aromatic carbocycles. The quantitative estimate of drug-likeness (QED) is 0.810. The van der Waals surface area contributed by atoms with E-state index in [4.69, 9.17) is 0 Å². The van der Waals surface area contributed by atoms with Crippen LogP contribution < -0.4 is 0 Å². The first-order valence-electron chi connectivity index (χ1n) is 7.61. The minimum Gasteiger partial charge on any atom is -0.329 e. The van der Waals surface area contributed by atoms with E-state index in [2.05, 4.69) is 28.3 Å². The SMILES string of the molecule is CCN1CCn2c(C)cnc2C12CCN(S(C)(=O)=O)CC2. The molecule has 1 fully saturated rings. The monoisotopic (exact) mass is 312 g/mol. The second-order valence-electron chi connectivity index (χ2n) is 6.15. The molecule has 0 atom stereocenters. The first kappa shape index (κ1) is 15.0. The minimum absolute atomic E-state index is 0.0948. The average molecular weight is 312 g/mol. The van der Waals surface area contributed by atoms with Crippen LogP contribution in [-0.4, -0.2) is 59.6 Å². The van der Waals surface area contributed by atoms with E-state index in [0.717, 1.165) is 38.3 Å². The average Bonchev–Trinajstić information content (AvgIpc) is 2.82. The molecule has 2 aliphatic heterocycles. The van der Waals surface area contributed by atoms with Crippen molar-refractivity contribution in [3.8, 4) is 0 Å². The Labute approximate surface area is 126 Å². The lowest BCUT2D eigenvalue weighted by atomic mass is 9.84. The van der Waals surface area contributed by atoms with Crippen LogP contribution in [0.5, 0.6) is 0 Å². The van der Waals surface area contributed by atoms with E-state index >= 15 is 0 Å². The van der Waals surface area contributed by atoms with Crippen molar-refractivity contribution in [3.63, 3.8) is 0 Å². The van der Waals surface area contributed by atoms with Gasteiger partial charge in [0.25, 0.3) is 0 Å². The van der Waals surface area contributed by atoms with Crippen molar-refractivity contribution >= 4 is 10.0 Å². The summed E-state index contributed by atoms with van der Waals surface area (Å²) in [6.45, 7) is 8.41. The lowest BCUT2D eigenvalue weighted by Gasteiger charge is -2.50. The van der Waals surface area contributed by atoms with Gasteiger partial charge in [-0.2, -0.15) is 0 Å². The maximum Gasteiger partial charge on any atom is 0.211 e. The van der Waals surface area contributed by atoms with Gasteiger partial charge in [0, 0.05) is 38.1 Å². The third-order valence-electron chi connectivity index (χ3n) is 5.07. The van der Waals surface area contributed by atoms with E-state index in [1.807, 2.05) is 6.20 Å². The first-order valence-corrected chi connectivity index (χ1v) is 9.46. The number of fused-ring (bicyclic) bond motifs is 2. The third-order valence-corrected chi connectivity index (χ3v) is 6.37. The highest BCUT2D eigenvalue weighted by atomic mass is 32.2. The van der Waals surface area contributed by atoms with Gasteiger partial charge in [-0.1, -0.05) is 6.92 Å². The van der Waals surface area contributed by atoms with Gasteiger partial charge in [0.1, 0.15) is 5.82 Å². The largest absolute Gasteiger partial charge is 0.329 e. The molecule has 118 valence electrons. The zero-order valence-electron chi connectivity index (χ0n) is 13.0. The zero-order valence-corrected chi connectivity index (χ0v) is 13.9. The molecule has 0 bridgehead atoms.